The van der Waals surface area contributed by atoms with Gasteiger partial charge in [0.1, 0.15) is 42.1 Å². The number of benzene rings is 4. The number of Topliss-reactive ketones (excluding diaryl/α,β-unsaturated/α-hetero) is 7. The molecule has 6 rings (SSSR count). The Labute approximate surface area is 593 Å². The maximum absolute atomic E-state index is 11.2. The fourth-order valence-corrected chi connectivity index (χ4v) is 6.76. The first-order valence-electron chi connectivity index (χ1n) is 32.0. The second-order valence-corrected chi connectivity index (χ2v) is 25.4. The molecule has 0 radical (unpaired) electrons. The van der Waals surface area contributed by atoms with Gasteiger partial charge in [0.25, 0.3) is 0 Å². The predicted molar refractivity (Wildman–Crippen MR) is 390 cm³/mol. The lowest BCUT2D eigenvalue weighted by atomic mass is 9.92. The maximum atomic E-state index is 11.2. The zero-order valence-corrected chi connectivity index (χ0v) is 62.8. The smallest absolute Gasteiger partial charge is 0.408 e. The molecule has 2 aliphatic rings. The number of carbonyl (C=O) groups is 11. The Balaban J connectivity index is -0.000000336. The minimum Gasteiger partial charge on any atom is -0.481 e. The third kappa shape index (κ3) is 71.4. The standard InChI is InChI=1S/C13H18N2O.C12H15NO3.C8H8O.C8H10.C7H13NO2.C6H11NO3.C6H13NO2.C6H12O.C5H8O3.CH5O3P.ClH/c1-12(16)11-14-7-9-15(10-8-14)13-5-3-2-4-6-13;1-9(10(2)14)13-12(15)16-8-11-6-4-3-5-7-11;1-7(9)8-5-3-2-4-6-8;1-2-8-6-4-3-5-7-8;1-7(9)6-8-2-4-10-5-3-8;1-4(8)5(7)2-3-6(9)10;1-6(8)9-5-4-7(2)3;1-5(7)6(2,3)4;1-4(6)2-3-5(7)8;1-5(2,3)4;/h2-6H,7-11H2,1H3;3-7,9H,8H2,1-2H3,(H,13,15);2-6H,1H3;3-7H,2H2,1H3;2-6H2,1H3;5H,2-3,7H2,1H3,(H,9,10);4-5H2,1-3H3;1-4H3;2-3H2,1H3,(H,7,8);1H3,(H2,2,3,4);1H/t;9-;;;;;;;;;/m.0........./s1. The molecule has 7 N–H and O–H groups in total. The summed E-state index contributed by atoms with van der Waals surface area (Å²) < 4.78 is 24.1. The summed E-state index contributed by atoms with van der Waals surface area (Å²) >= 11 is 0. The number of nitrogens with one attached hydrogen (secondary N) is 1. The van der Waals surface area contributed by atoms with E-state index >= 15 is 0 Å². The van der Waals surface area contributed by atoms with E-state index in [1.165, 1.54) is 38.9 Å². The molecule has 4 aromatic rings. The monoisotopic (exact) mass is 1430 g/mol. The number of esters is 1. The van der Waals surface area contributed by atoms with Crippen LogP contribution in [0.25, 0.3) is 0 Å². The molecule has 4 aromatic carbocycles. The van der Waals surface area contributed by atoms with Crippen molar-refractivity contribution in [2.75, 3.05) is 104 Å². The molecule has 0 saturated carbocycles. The molecule has 2 atom stereocenters. The molecule has 2 fully saturated rings. The number of halogens is 1. The Hall–Kier alpha value is -7.71. The van der Waals surface area contributed by atoms with Crippen LogP contribution in [0.15, 0.2) is 121 Å². The minimum atomic E-state index is -3.64. The Bertz CT molecular complexity index is 2900. The van der Waals surface area contributed by atoms with Crippen molar-refractivity contribution in [3.05, 3.63) is 138 Å². The number of amides is 1. The SMILES string of the molecule is CC(=O)C(C)(C)C.CC(=O)C(N)CCC(=O)O.CC(=O)CCC(=O)O.CC(=O)CN1CCN(c2ccccc2)CC1.CC(=O)CN1CCOCC1.CC(=O)OCCN(C)C.CC(=O)[C@H](C)NC(=O)OCc1ccccc1.CC(=O)c1ccccc1.CCc1ccccc1.CP(=O)(O)O.Cl. The van der Waals surface area contributed by atoms with Crippen molar-refractivity contribution < 1.29 is 91.5 Å². The van der Waals surface area contributed by atoms with Crippen molar-refractivity contribution in [2.45, 2.75) is 141 Å². The van der Waals surface area contributed by atoms with Gasteiger partial charge in [0.2, 0.25) is 0 Å². The van der Waals surface area contributed by atoms with Crippen molar-refractivity contribution in [1.82, 2.24) is 20.0 Å². The Morgan fingerprint density at radius 3 is 1.32 bits per heavy atom. The third-order valence-electron chi connectivity index (χ3n) is 12.9. The average molecular weight is 1430 g/mol. The summed E-state index contributed by atoms with van der Waals surface area (Å²) in [5.74, 6) is -1.53. The summed E-state index contributed by atoms with van der Waals surface area (Å²) in [4.78, 5) is 139. The van der Waals surface area contributed by atoms with Gasteiger partial charge in [-0.05, 0) is 106 Å². The first-order chi connectivity index (χ1) is 45.6. The number of likely N-dealkylation sites (N-methyl/N-ethyl adjacent to an activating group) is 1. The molecule has 0 aromatic heterocycles. The van der Waals surface area contributed by atoms with Crippen LogP contribution < -0.4 is 16.0 Å². The molecule has 99 heavy (non-hydrogen) atoms. The van der Waals surface area contributed by atoms with Crippen LogP contribution in [-0.2, 0) is 75.0 Å². The van der Waals surface area contributed by atoms with E-state index in [4.69, 9.17) is 35.2 Å². The number of rotatable bonds is 21. The molecule has 0 spiro atoms. The number of ketones is 7. The maximum Gasteiger partial charge on any atom is 0.408 e. The topological polar surface area (TPSA) is 364 Å². The van der Waals surface area contributed by atoms with E-state index in [-0.39, 0.29) is 96.6 Å². The first-order valence-corrected chi connectivity index (χ1v) is 34.1. The van der Waals surface area contributed by atoms with Crippen LogP contribution in [0.5, 0.6) is 0 Å². The van der Waals surface area contributed by atoms with Crippen molar-refractivity contribution in [3.63, 3.8) is 0 Å². The number of alkyl carbamates (subject to hydrolysis) is 1. The molecular formula is C72H114ClN6O19P. The highest BCUT2D eigenvalue weighted by atomic mass is 35.5. The summed E-state index contributed by atoms with van der Waals surface area (Å²) in [6.07, 6.45) is 0.850. The highest BCUT2D eigenvalue weighted by molar-refractivity contribution is 7.50. The molecule has 1 amide bonds. The Morgan fingerprint density at radius 1 is 0.606 bits per heavy atom. The van der Waals surface area contributed by atoms with E-state index in [0.717, 1.165) is 83.2 Å². The highest BCUT2D eigenvalue weighted by Crippen LogP contribution is 2.26. The number of carbonyl (C=O) groups excluding carboxylic acids is 9. The van der Waals surface area contributed by atoms with Crippen LogP contribution in [0.1, 0.15) is 137 Å². The number of carboxylic acid groups (broad SMARTS) is 2. The molecule has 2 saturated heterocycles. The average Bonchev–Trinajstić information content (AvgIpc) is 0.900. The van der Waals surface area contributed by atoms with Gasteiger partial charge in [-0.1, -0.05) is 137 Å². The minimum absolute atomic E-state index is 0. The zero-order valence-electron chi connectivity index (χ0n) is 61.1. The quantitative estimate of drug-likeness (QED) is 0.0257. The number of hydrogen-bond acceptors (Lipinski definition) is 20. The molecule has 25 nitrogen and oxygen atoms in total. The summed E-state index contributed by atoms with van der Waals surface area (Å²) in [7, 11) is 0.229. The molecule has 0 aliphatic carbocycles. The van der Waals surface area contributed by atoms with E-state index in [1.807, 2.05) is 113 Å². The highest BCUT2D eigenvalue weighted by Gasteiger charge is 2.18. The van der Waals surface area contributed by atoms with E-state index in [0.29, 0.717) is 19.7 Å². The van der Waals surface area contributed by atoms with Gasteiger partial charge in [0.15, 0.2) is 11.6 Å². The van der Waals surface area contributed by atoms with E-state index in [9.17, 15) is 57.3 Å². The number of aliphatic carboxylic acids is 2. The van der Waals surface area contributed by atoms with Gasteiger partial charge in [-0.15, -0.1) is 12.4 Å². The van der Waals surface area contributed by atoms with Crippen LogP contribution in [-0.4, -0.2) is 211 Å². The molecular weight excluding hydrogens is 1320 g/mol. The van der Waals surface area contributed by atoms with Gasteiger partial charge in [-0.2, -0.15) is 0 Å². The lowest BCUT2D eigenvalue weighted by molar-refractivity contribution is -0.141. The van der Waals surface area contributed by atoms with Crippen molar-refractivity contribution >= 4 is 90.2 Å². The van der Waals surface area contributed by atoms with Crippen LogP contribution in [0.3, 0.4) is 0 Å². The van der Waals surface area contributed by atoms with Crippen molar-refractivity contribution in [2.24, 2.45) is 11.1 Å². The molecule has 2 aliphatic heterocycles. The number of carboxylic acids is 2. The van der Waals surface area contributed by atoms with Gasteiger partial charge in [-0.25, -0.2) is 4.79 Å². The van der Waals surface area contributed by atoms with Crippen LogP contribution in [0.2, 0.25) is 0 Å². The molecule has 1 unspecified atom stereocenters. The second-order valence-electron chi connectivity index (χ2n) is 23.7. The zero-order chi connectivity index (χ0) is 75.8. The van der Waals surface area contributed by atoms with Crippen LogP contribution >= 0.6 is 20.0 Å². The number of nitrogens with two attached hydrogens (primary N) is 1. The fourth-order valence-electron chi connectivity index (χ4n) is 6.76. The van der Waals surface area contributed by atoms with Gasteiger partial charge in [0.05, 0.1) is 44.8 Å². The fraction of sp³-hybridized carbons (Fsp3) is 0.514. The van der Waals surface area contributed by atoms with Crippen LogP contribution in [0, 0.1) is 5.41 Å². The predicted octanol–water partition coefficient (Wildman–Crippen LogP) is 9.49. The van der Waals surface area contributed by atoms with E-state index < -0.39 is 37.7 Å². The van der Waals surface area contributed by atoms with Gasteiger partial charge in [-0.3, -0.25) is 57.5 Å². The number of piperazine rings is 1. The summed E-state index contributed by atoms with van der Waals surface area (Å²) in [6.45, 7) is 32.4. The lowest BCUT2D eigenvalue weighted by Gasteiger charge is -2.35. The largest absolute Gasteiger partial charge is 0.481 e. The number of ether oxygens (including phenoxy) is 3. The third-order valence-corrected chi connectivity index (χ3v) is 12.9. The van der Waals surface area contributed by atoms with Crippen molar-refractivity contribution in [3.8, 4) is 0 Å². The van der Waals surface area contributed by atoms with Gasteiger partial charge >= 0.3 is 31.6 Å². The lowest BCUT2D eigenvalue weighted by Crippen LogP contribution is -2.47. The number of morpholine rings is 1. The molecule has 0 bridgehead atoms. The number of anilines is 1. The number of nitrogens with zero attached hydrogens (tertiary/aromatic N) is 4. The normalized spacial score (nSPS) is 12.6. The summed E-state index contributed by atoms with van der Waals surface area (Å²) in [5, 5.41) is 18.6. The number of para-hydroxylation sites is 1. The summed E-state index contributed by atoms with van der Waals surface area (Å²) in [6, 6.07) is 38.4. The molecule has 558 valence electrons. The Morgan fingerprint density at radius 2 is 1.01 bits per heavy atom. The first kappa shape index (κ1) is 99.9. The van der Waals surface area contributed by atoms with Gasteiger partial charge < -0.3 is 59.9 Å². The summed E-state index contributed by atoms with van der Waals surface area (Å²) in [5.41, 5.74) is 9.49. The Kier molecular flexibility index (Phi) is 60.8. The van der Waals surface area contributed by atoms with E-state index in [2.05, 4.69) is 80.2 Å². The number of hydrogen-bond donors (Lipinski definition) is 6. The van der Waals surface area contributed by atoms with Crippen molar-refractivity contribution in [1.29, 1.82) is 0 Å². The van der Waals surface area contributed by atoms with Crippen LogP contribution in [0.4, 0.5) is 10.5 Å². The molecule has 2 heterocycles. The number of aryl methyl sites for hydroxylation is 1. The van der Waals surface area contributed by atoms with E-state index in [1.54, 1.807) is 34.6 Å². The van der Waals surface area contributed by atoms with Gasteiger partial charge in [0, 0.05) is 88.9 Å². The second kappa shape index (κ2) is 60.3. The molecule has 27 heteroatoms.